The Hall–Kier alpha value is -2.76. The van der Waals surface area contributed by atoms with Gasteiger partial charge in [0, 0.05) is 32.2 Å². The number of carbonyl (C=O) groups excluding carboxylic acids is 2. The second-order valence-corrected chi connectivity index (χ2v) is 15.0. The number of nitrogens with zero attached hydrogens (tertiary/aromatic N) is 3. The molecule has 3 heterocycles. The van der Waals surface area contributed by atoms with Crippen LogP contribution < -0.4 is 5.32 Å². The molecule has 212 valence electrons. The number of hydrogen-bond acceptors (Lipinski definition) is 7. The second-order valence-electron chi connectivity index (χ2n) is 12.1. The van der Waals surface area contributed by atoms with E-state index in [0.29, 0.717) is 43.6 Å². The monoisotopic (exact) mass is 558 g/mol. The Labute approximate surface area is 229 Å². The summed E-state index contributed by atoms with van der Waals surface area (Å²) in [6, 6.07) is 7.89. The smallest absolute Gasteiger partial charge is 0.272 e. The molecule has 2 fully saturated rings. The zero-order valence-electron chi connectivity index (χ0n) is 23.5. The van der Waals surface area contributed by atoms with Crippen molar-refractivity contribution >= 4 is 21.7 Å². The minimum absolute atomic E-state index is 0.105. The number of fused-ring (bicyclic) bond motifs is 1. The van der Waals surface area contributed by atoms with Crippen molar-refractivity contribution in [2.24, 2.45) is 7.05 Å². The molecule has 10 nitrogen and oxygen atoms in total. The number of aromatic nitrogens is 2. The van der Waals surface area contributed by atoms with Gasteiger partial charge in [0.1, 0.15) is 11.8 Å². The first-order valence-corrected chi connectivity index (χ1v) is 14.9. The van der Waals surface area contributed by atoms with Crippen LogP contribution in [0.3, 0.4) is 0 Å². The van der Waals surface area contributed by atoms with Gasteiger partial charge in [-0.05, 0) is 59.4 Å². The third-order valence-corrected chi connectivity index (χ3v) is 11.7. The van der Waals surface area contributed by atoms with Crippen molar-refractivity contribution in [2.75, 3.05) is 19.7 Å². The number of hydrogen-bond donors (Lipinski definition) is 1. The van der Waals surface area contributed by atoms with Crippen LogP contribution in [0, 0.1) is 6.92 Å². The number of carbonyl (C=O) groups is 2. The Morgan fingerprint density at radius 3 is 2.46 bits per heavy atom. The van der Waals surface area contributed by atoms with E-state index < -0.39 is 31.2 Å². The van der Waals surface area contributed by atoms with E-state index in [0.717, 1.165) is 11.1 Å². The Morgan fingerprint density at radius 2 is 1.87 bits per heavy atom. The van der Waals surface area contributed by atoms with Crippen molar-refractivity contribution in [1.82, 2.24) is 20.0 Å². The third-order valence-electron chi connectivity index (χ3n) is 8.39. The molecule has 3 aliphatic rings. The number of aryl methyl sites for hydroxylation is 2. The van der Waals surface area contributed by atoms with Crippen LogP contribution in [-0.2, 0) is 39.3 Å². The van der Waals surface area contributed by atoms with Gasteiger partial charge >= 0.3 is 0 Å². The molecule has 1 aliphatic carbocycles. The van der Waals surface area contributed by atoms with Gasteiger partial charge in [0.25, 0.3) is 11.8 Å². The lowest BCUT2D eigenvalue weighted by atomic mass is 10.0. The lowest BCUT2D eigenvalue weighted by molar-refractivity contribution is -0.141. The molecule has 0 bridgehead atoms. The maximum absolute atomic E-state index is 14.0. The summed E-state index contributed by atoms with van der Waals surface area (Å²) in [7, 11) is -2.06. The van der Waals surface area contributed by atoms with Gasteiger partial charge < -0.3 is 19.7 Å². The first-order valence-electron chi connectivity index (χ1n) is 13.4. The number of benzene rings is 1. The fraction of sp³-hybridized carbons (Fsp3) is 0.607. The summed E-state index contributed by atoms with van der Waals surface area (Å²) < 4.78 is 38.8. The van der Waals surface area contributed by atoms with Gasteiger partial charge in [-0.3, -0.25) is 14.3 Å². The highest BCUT2D eigenvalue weighted by Crippen LogP contribution is 2.51. The van der Waals surface area contributed by atoms with E-state index in [1.54, 1.807) is 39.6 Å². The molecule has 2 aromatic rings. The predicted molar refractivity (Wildman–Crippen MR) is 145 cm³/mol. The van der Waals surface area contributed by atoms with Crippen molar-refractivity contribution in [3.8, 4) is 0 Å². The van der Waals surface area contributed by atoms with Crippen molar-refractivity contribution in [3.05, 3.63) is 52.3 Å². The molecule has 1 N–H and O–H groups in total. The van der Waals surface area contributed by atoms with E-state index in [1.807, 2.05) is 31.2 Å². The van der Waals surface area contributed by atoms with Crippen molar-refractivity contribution in [2.45, 2.75) is 81.8 Å². The minimum Gasteiger partial charge on any atom is -0.348 e. The highest BCUT2D eigenvalue weighted by atomic mass is 32.2. The molecular formula is C28H38N4O6S. The van der Waals surface area contributed by atoms with Crippen LogP contribution in [0.4, 0.5) is 0 Å². The van der Waals surface area contributed by atoms with Crippen LogP contribution in [0.1, 0.15) is 78.2 Å². The summed E-state index contributed by atoms with van der Waals surface area (Å²) in [6.45, 7) is 9.92. The summed E-state index contributed by atoms with van der Waals surface area (Å²) >= 11 is 0. The molecule has 2 aliphatic heterocycles. The van der Waals surface area contributed by atoms with Gasteiger partial charge in [0.2, 0.25) is 0 Å². The molecule has 2 amide bonds. The first kappa shape index (κ1) is 27.8. The number of amides is 2. The summed E-state index contributed by atoms with van der Waals surface area (Å²) in [5.41, 5.74) is 3.29. The van der Waals surface area contributed by atoms with Gasteiger partial charge in [-0.2, -0.15) is 5.10 Å². The SMILES string of the molecule is Cc1ccc(CNC(=O)c2nn(C)c3c2CCN(CC2(S(=O)(=O)C(C)(C)C4COC(C)(C)O4)CC2)C3=O)cc1. The topological polar surface area (TPSA) is 120 Å². The van der Waals surface area contributed by atoms with Gasteiger partial charge in [-0.1, -0.05) is 29.8 Å². The zero-order chi connectivity index (χ0) is 28.4. The van der Waals surface area contributed by atoms with Crippen LogP contribution >= 0.6 is 0 Å². The molecule has 1 atom stereocenters. The van der Waals surface area contributed by atoms with Crippen LogP contribution in [0.25, 0.3) is 0 Å². The molecule has 1 saturated carbocycles. The molecule has 1 aromatic heterocycles. The van der Waals surface area contributed by atoms with Gasteiger partial charge in [-0.25, -0.2) is 8.42 Å². The molecule has 39 heavy (non-hydrogen) atoms. The summed E-state index contributed by atoms with van der Waals surface area (Å²) in [5, 5.41) is 7.28. The van der Waals surface area contributed by atoms with Gasteiger partial charge in [0.15, 0.2) is 21.3 Å². The standard InChI is InChI=1S/C28H38N4O6S/c1-18-7-9-19(10-8-18)15-29-24(33)22-20-11-14-32(25(34)23(20)31(6)30-22)17-28(12-13-28)39(35,36)26(2,3)21-16-37-27(4,5)38-21/h7-10,21H,11-17H2,1-6H3,(H,29,33). The molecule has 1 saturated heterocycles. The fourth-order valence-electron chi connectivity index (χ4n) is 5.64. The fourth-order valence-corrected chi connectivity index (χ4v) is 8.18. The van der Waals surface area contributed by atoms with Gasteiger partial charge in [0.05, 0.1) is 16.1 Å². The minimum atomic E-state index is -3.70. The maximum Gasteiger partial charge on any atom is 0.272 e. The Balaban J connectivity index is 1.31. The number of nitrogens with one attached hydrogen (secondary N) is 1. The number of ether oxygens (including phenoxy) is 2. The Morgan fingerprint density at radius 1 is 1.21 bits per heavy atom. The van der Waals surface area contributed by atoms with E-state index in [1.165, 1.54) is 4.68 Å². The summed E-state index contributed by atoms with van der Waals surface area (Å²) in [5.74, 6) is -1.47. The van der Waals surface area contributed by atoms with E-state index in [2.05, 4.69) is 10.4 Å². The maximum atomic E-state index is 14.0. The number of rotatable bonds is 8. The Kier molecular flexibility index (Phi) is 6.71. The quantitative estimate of drug-likeness (QED) is 0.529. The molecule has 1 aromatic carbocycles. The van der Waals surface area contributed by atoms with Crippen LogP contribution in [0.2, 0.25) is 0 Å². The van der Waals surface area contributed by atoms with E-state index >= 15 is 0 Å². The van der Waals surface area contributed by atoms with Crippen LogP contribution in [0.15, 0.2) is 24.3 Å². The highest BCUT2D eigenvalue weighted by molar-refractivity contribution is 7.94. The van der Waals surface area contributed by atoms with Crippen molar-refractivity contribution < 1.29 is 27.5 Å². The zero-order valence-corrected chi connectivity index (χ0v) is 24.4. The lowest BCUT2D eigenvalue weighted by Crippen LogP contribution is -2.55. The molecule has 1 unspecified atom stereocenters. The van der Waals surface area contributed by atoms with Crippen LogP contribution in [-0.4, -0.2) is 76.0 Å². The molecule has 5 rings (SSSR count). The van der Waals surface area contributed by atoms with Crippen molar-refractivity contribution in [3.63, 3.8) is 0 Å². The largest absolute Gasteiger partial charge is 0.348 e. The average molecular weight is 559 g/mol. The molecule has 11 heteroatoms. The lowest BCUT2D eigenvalue weighted by Gasteiger charge is -2.37. The summed E-state index contributed by atoms with van der Waals surface area (Å²) in [4.78, 5) is 28.2. The second kappa shape index (κ2) is 9.42. The van der Waals surface area contributed by atoms with E-state index in [4.69, 9.17) is 9.47 Å². The number of sulfone groups is 1. The third kappa shape index (κ3) is 4.78. The van der Waals surface area contributed by atoms with E-state index in [-0.39, 0.29) is 30.7 Å². The highest BCUT2D eigenvalue weighted by Gasteiger charge is 2.64. The summed E-state index contributed by atoms with van der Waals surface area (Å²) in [6.07, 6.45) is 0.807. The molecule has 0 spiro atoms. The average Bonchev–Trinajstić information content (AvgIpc) is 3.46. The molecule has 0 radical (unpaired) electrons. The normalized spacial score (nSPS) is 22.1. The van der Waals surface area contributed by atoms with Gasteiger partial charge in [-0.15, -0.1) is 0 Å². The van der Waals surface area contributed by atoms with E-state index in [9.17, 15) is 18.0 Å². The predicted octanol–water partition coefficient (Wildman–Crippen LogP) is 2.53. The molecular weight excluding hydrogens is 520 g/mol. The first-order chi connectivity index (χ1) is 18.2. The van der Waals surface area contributed by atoms with Crippen molar-refractivity contribution in [1.29, 1.82) is 0 Å². The Bertz CT molecular complexity index is 1410. The van der Waals surface area contributed by atoms with Crippen LogP contribution in [0.5, 0.6) is 0 Å².